The Morgan fingerprint density at radius 3 is 3.12 bits per heavy atom. The second-order valence-corrected chi connectivity index (χ2v) is 3.90. The van der Waals surface area contributed by atoms with Crippen LogP contribution in [-0.4, -0.2) is 28.0 Å². The fourth-order valence-electron chi connectivity index (χ4n) is 1.40. The fraction of sp³-hybridized carbons (Fsp3) is 0.273. The summed E-state index contributed by atoms with van der Waals surface area (Å²) in [7, 11) is 0. The van der Waals surface area contributed by atoms with Gasteiger partial charge in [0.2, 0.25) is 0 Å². The molecule has 0 aliphatic heterocycles. The summed E-state index contributed by atoms with van der Waals surface area (Å²) in [5.41, 5.74) is 0. The Balaban J connectivity index is 1.98. The molecule has 2 aromatic heterocycles. The molecular formula is C11H13N3O2S. The summed E-state index contributed by atoms with van der Waals surface area (Å²) in [5, 5.41) is 6.75. The van der Waals surface area contributed by atoms with Gasteiger partial charge in [-0.05, 0) is 18.2 Å². The monoisotopic (exact) mass is 251 g/mol. The molecule has 0 unspecified atom stereocenters. The van der Waals surface area contributed by atoms with E-state index < -0.39 is 0 Å². The van der Waals surface area contributed by atoms with Crippen LogP contribution in [0.25, 0.3) is 0 Å². The van der Waals surface area contributed by atoms with Crippen LogP contribution < -0.4 is 5.32 Å². The number of hydrogen-bond acceptors (Lipinski definition) is 4. The molecule has 2 heterocycles. The molecule has 0 aliphatic rings. The number of rotatable bonds is 5. The minimum Gasteiger partial charge on any atom is -0.454 e. The first-order valence-corrected chi connectivity index (χ1v) is 5.88. The predicted molar refractivity (Wildman–Crippen MR) is 66.2 cm³/mol. The van der Waals surface area contributed by atoms with Gasteiger partial charge in [-0.25, -0.2) is 0 Å². The quantitative estimate of drug-likeness (QED) is 0.785. The Labute approximate surface area is 104 Å². The van der Waals surface area contributed by atoms with Crippen molar-refractivity contribution in [1.29, 1.82) is 0 Å². The van der Waals surface area contributed by atoms with Crippen LogP contribution in [0.1, 0.15) is 16.3 Å². The summed E-state index contributed by atoms with van der Waals surface area (Å²) in [4.78, 5) is 11.6. The van der Waals surface area contributed by atoms with Crippen LogP contribution >= 0.6 is 12.6 Å². The molecule has 6 heteroatoms. The normalized spacial score (nSPS) is 10.4. The molecule has 2 rings (SSSR count). The zero-order valence-electron chi connectivity index (χ0n) is 9.17. The molecule has 0 atom stereocenters. The van der Waals surface area contributed by atoms with Crippen LogP contribution in [0.2, 0.25) is 0 Å². The molecule has 1 amide bonds. The largest absolute Gasteiger partial charge is 0.454 e. The van der Waals surface area contributed by atoms with Crippen molar-refractivity contribution in [3.05, 3.63) is 42.1 Å². The van der Waals surface area contributed by atoms with Gasteiger partial charge < -0.3 is 9.73 Å². The van der Waals surface area contributed by atoms with Crippen molar-refractivity contribution in [3.8, 4) is 0 Å². The van der Waals surface area contributed by atoms with Gasteiger partial charge in [0.05, 0.1) is 6.54 Å². The van der Waals surface area contributed by atoms with Crippen molar-refractivity contribution in [1.82, 2.24) is 15.1 Å². The van der Waals surface area contributed by atoms with E-state index in [1.807, 2.05) is 12.3 Å². The molecule has 0 fully saturated rings. The summed E-state index contributed by atoms with van der Waals surface area (Å²) in [6.07, 6.45) is 3.53. The Morgan fingerprint density at radius 1 is 1.53 bits per heavy atom. The summed E-state index contributed by atoms with van der Waals surface area (Å²) in [6, 6.07) is 5.27. The van der Waals surface area contributed by atoms with Gasteiger partial charge in [0.1, 0.15) is 5.76 Å². The average molecular weight is 251 g/mol. The molecule has 0 spiro atoms. The lowest BCUT2D eigenvalue weighted by Gasteiger charge is -2.00. The van der Waals surface area contributed by atoms with E-state index in [0.29, 0.717) is 30.4 Å². The van der Waals surface area contributed by atoms with Gasteiger partial charge in [0.15, 0.2) is 5.76 Å². The molecule has 0 saturated heterocycles. The first-order chi connectivity index (χ1) is 8.29. The van der Waals surface area contributed by atoms with Gasteiger partial charge in [-0.3, -0.25) is 9.48 Å². The Kier molecular flexibility index (Phi) is 3.87. The van der Waals surface area contributed by atoms with Crippen LogP contribution in [-0.2, 0) is 6.54 Å². The highest BCUT2D eigenvalue weighted by Crippen LogP contribution is 2.09. The number of thiol groups is 1. The van der Waals surface area contributed by atoms with Crippen LogP contribution in [0.15, 0.2) is 35.0 Å². The summed E-state index contributed by atoms with van der Waals surface area (Å²) in [5.74, 6) is 1.40. The first kappa shape index (κ1) is 11.8. The molecule has 17 heavy (non-hydrogen) atoms. The topological polar surface area (TPSA) is 60.1 Å². The van der Waals surface area contributed by atoms with Gasteiger partial charge in [0, 0.05) is 24.7 Å². The number of amides is 1. The third kappa shape index (κ3) is 3.13. The predicted octanol–water partition coefficient (Wildman–Crippen LogP) is 1.18. The maximum atomic E-state index is 11.6. The van der Waals surface area contributed by atoms with E-state index in [2.05, 4.69) is 23.0 Å². The number of nitrogens with zero attached hydrogens (tertiary/aromatic N) is 2. The number of aromatic nitrogens is 2. The smallest absolute Gasteiger partial charge is 0.287 e. The molecule has 0 aliphatic carbocycles. The molecule has 2 aromatic rings. The van der Waals surface area contributed by atoms with E-state index >= 15 is 0 Å². The minimum atomic E-state index is -0.217. The number of hydrogen-bond donors (Lipinski definition) is 2. The molecule has 0 radical (unpaired) electrons. The zero-order valence-corrected chi connectivity index (χ0v) is 10.1. The lowest BCUT2D eigenvalue weighted by Crippen LogP contribution is -2.24. The lowest BCUT2D eigenvalue weighted by molar-refractivity contribution is 0.0926. The minimum absolute atomic E-state index is 0.217. The number of carbonyl (C=O) groups excluding carboxylic acids is 1. The van der Waals surface area contributed by atoms with E-state index in [9.17, 15) is 4.79 Å². The molecular weight excluding hydrogens is 238 g/mol. The fourth-order valence-corrected chi connectivity index (χ4v) is 1.51. The SMILES string of the molecule is O=C(NCCS)c1ccc(Cn2cccn2)o1. The van der Waals surface area contributed by atoms with Gasteiger partial charge >= 0.3 is 0 Å². The number of furan rings is 1. The van der Waals surface area contributed by atoms with E-state index in [1.54, 1.807) is 23.0 Å². The zero-order chi connectivity index (χ0) is 12.1. The second-order valence-electron chi connectivity index (χ2n) is 3.45. The molecule has 0 aromatic carbocycles. The van der Waals surface area contributed by atoms with Gasteiger partial charge in [0.25, 0.3) is 5.91 Å². The van der Waals surface area contributed by atoms with Crippen LogP contribution in [0.3, 0.4) is 0 Å². The Hall–Kier alpha value is -1.69. The number of nitrogens with one attached hydrogen (secondary N) is 1. The van der Waals surface area contributed by atoms with Gasteiger partial charge in [-0.15, -0.1) is 0 Å². The average Bonchev–Trinajstić information content (AvgIpc) is 2.98. The van der Waals surface area contributed by atoms with E-state index in [-0.39, 0.29) is 5.91 Å². The maximum absolute atomic E-state index is 11.6. The van der Waals surface area contributed by atoms with Crippen molar-refractivity contribution in [2.45, 2.75) is 6.54 Å². The third-order valence-electron chi connectivity index (χ3n) is 2.16. The highest BCUT2D eigenvalue weighted by Gasteiger charge is 2.10. The molecule has 5 nitrogen and oxygen atoms in total. The van der Waals surface area contributed by atoms with Crippen molar-refractivity contribution >= 4 is 18.5 Å². The van der Waals surface area contributed by atoms with Crippen molar-refractivity contribution in [3.63, 3.8) is 0 Å². The molecule has 0 saturated carbocycles. The van der Waals surface area contributed by atoms with Gasteiger partial charge in [-0.1, -0.05) is 0 Å². The van der Waals surface area contributed by atoms with Crippen molar-refractivity contribution in [2.75, 3.05) is 12.3 Å². The van der Waals surface area contributed by atoms with E-state index in [4.69, 9.17) is 4.42 Å². The number of carbonyl (C=O) groups is 1. The Morgan fingerprint density at radius 2 is 2.41 bits per heavy atom. The summed E-state index contributed by atoms with van der Waals surface area (Å²) in [6.45, 7) is 1.05. The molecule has 1 N–H and O–H groups in total. The highest BCUT2D eigenvalue weighted by atomic mass is 32.1. The van der Waals surface area contributed by atoms with Crippen molar-refractivity contribution in [2.24, 2.45) is 0 Å². The van der Waals surface area contributed by atoms with E-state index in [0.717, 1.165) is 0 Å². The molecule has 0 bridgehead atoms. The van der Waals surface area contributed by atoms with Gasteiger partial charge in [-0.2, -0.15) is 17.7 Å². The molecule has 90 valence electrons. The summed E-state index contributed by atoms with van der Waals surface area (Å²) >= 11 is 4.01. The lowest BCUT2D eigenvalue weighted by atomic mass is 10.4. The first-order valence-electron chi connectivity index (χ1n) is 5.25. The second kappa shape index (κ2) is 5.58. The van der Waals surface area contributed by atoms with Crippen LogP contribution in [0.5, 0.6) is 0 Å². The van der Waals surface area contributed by atoms with Crippen molar-refractivity contribution < 1.29 is 9.21 Å². The highest BCUT2D eigenvalue weighted by molar-refractivity contribution is 7.80. The standard InChI is InChI=1S/C11H13N3O2S/c15-11(12-5-7-17)10-3-2-9(16-10)8-14-6-1-4-13-14/h1-4,6,17H,5,7-8H2,(H,12,15). The van der Waals surface area contributed by atoms with E-state index in [1.165, 1.54) is 0 Å². The van der Waals surface area contributed by atoms with Crippen LogP contribution in [0.4, 0.5) is 0 Å². The third-order valence-corrected chi connectivity index (χ3v) is 2.38. The Bertz CT molecular complexity index is 479. The summed E-state index contributed by atoms with van der Waals surface area (Å²) < 4.78 is 7.15. The maximum Gasteiger partial charge on any atom is 0.287 e. The van der Waals surface area contributed by atoms with Crippen LogP contribution in [0, 0.1) is 0 Å².